The van der Waals surface area contributed by atoms with Crippen molar-refractivity contribution in [3.05, 3.63) is 29.8 Å². The van der Waals surface area contributed by atoms with E-state index in [1.54, 1.807) is 7.11 Å². The van der Waals surface area contributed by atoms with E-state index in [1.807, 2.05) is 25.1 Å². The molecule has 0 amide bonds. The summed E-state index contributed by atoms with van der Waals surface area (Å²) < 4.78 is 10.6. The molecule has 0 fully saturated rings. The number of ether oxygens (including phenoxy) is 2. The molecule has 1 aliphatic rings. The standard InChI is InChI=1S/C15H23NO3/c1-15(17,7-8-18-2)11-16-9-12-10-19-14-6-4-3-5-13(12)14/h3-6,12,16-17H,7-11H2,1-2H3. The first-order chi connectivity index (χ1) is 9.12. The zero-order valence-corrected chi connectivity index (χ0v) is 11.7. The number of para-hydroxylation sites is 1. The Morgan fingerprint density at radius 2 is 2.26 bits per heavy atom. The van der Waals surface area contributed by atoms with E-state index in [9.17, 15) is 5.11 Å². The maximum Gasteiger partial charge on any atom is 0.122 e. The summed E-state index contributed by atoms with van der Waals surface area (Å²) in [6.45, 7) is 4.50. The van der Waals surface area contributed by atoms with E-state index in [4.69, 9.17) is 9.47 Å². The van der Waals surface area contributed by atoms with Crippen LogP contribution in [0.1, 0.15) is 24.8 Å². The van der Waals surface area contributed by atoms with Crippen LogP contribution in [0.2, 0.25) is 0 Å². The third kappa shape index (κ3) is 3.93. The van der Waals surface area contributed by atoms with E-state index in [1.165, 1.54) is 5.56 Å². The Bertz CT molecular complexity index is 406. The van der Waals surface area contributed by atoms with Crippen LogP contribution in [0.4, 0.5) is 0 Å². The van der Waals surface area contributed by atoms with Crippen molar-refractivity contribution in [2.75, 3.05) is 33.4 Å². The van der Waals surface area contributed by atoms with Crippen molar-refractivity contribution in [3.8, 4) is 5.75 Å². The first-order valence-electron chi connectivity index (χ1n) is 6.76. The van der Waals surface area contributed by atoms with Gasteiger partial charge in [0.25, 0.3) is 0 Å². The van der Waals surface area contributed by atoms with Crippen molar-refractivity contribution in [3.63, 3.8) is 0 Å². The van der Waals surface area contributed by atoms with Crippen LogP contribution in [0.15, 0.2) is 24.3 Å². The van der Waals surface area contributed by atoms with Crippen LogP contribution < -0.4 is 10.1 Å². The van der Waals surface area contributed by atoms with Crippen molar-refractivity contribution < 1.29 is 14.6 Å². The molecule has 0 saturated heterocycles. The molecule has 0 spiro atoms. The Morgan fingerprint density at radius 3 is 3.05 bits per heavy atom. The highest BCUT2D eigenvalue weighted by molar-refractivity contribution is 5.39. The van der Waals surface area contributed by atoms with Gasteiger partial charge in [-0.15, -0.1) is 0 Å². The minimum Gasteiger partial charge on any atom is -0.493 e. The summed E-state index contributed by atoms with van der Waals surface area (Å²) in [5.74, 6) is 1.36. The molecule has 1 aromatic carbocycles. The van der Waals surface area contributed by atoms with Gasteiger partial charge in [-0.3, -0.25) is 0 Å². The molecule has 4 heteroatoms. The molecule has 2 unspecified atom stereocenters. The first-order valence-corrected chi connectivity index (χ1v) is 6.76. The van der Waals surface area contributed by atoms with E-state index in [-0.39, 0.29) is 0 Å². The van der Waals surface area contributed by atoms with E-state index in [0.717, 1.165) is 12.3 Å². The normalized spacial score (nSPS) is 20.7. The summed E-state index contributed by atoms with van der Waals surface area (Å²) in [5.41, 5.74) is 0.529. The average molecular weight is 265 g/mol. The fourth-order valence-electron chi connectivity index (χ4n) is 2.32. The van der Waals surface area contributed by atoms with Crippen molar-refractivity contribution >= 4 is 0 Å². The highest BCUT2D eigenvalue weighted by Crippen LogP contribution is 2.32. The van der Waals surface area contributed by atoms with Gasteiger partial charge in [0.1, 0.15) is 5.75 Å². The van der Waals surface area contributed by atoms with Gasteiger partial charge >= 0.3 is 0 Å². The van der Waals surface area contributed by atoms with Crippen LogP contribution >= 0.6 is 0 Å². The monoisotopic (exact) mass is 265 g/mol. The van der Waals surface area contributed by atoms with E-state index in [0.29, 0.717) is 32.1 Å². The number of methoxy groups -OCH3 is 1. The highest BCUT2D eigenvalue weighted by Gasteiger charge is 2.25. The number of benzene rings is 1. The summed E-state index contributed by atoms with van der Waals surface area (Å²) in [6, 6.07) is 8.14. The van der Waals surface area contributed by atoms with Gasteiger partial charge in [0.2, 0.25) is 0 Å². The number of fused-ring (bicyclic) bond motifs is 1. The Hall–Kier alpha value is -1.10. The van der Waals surface area contributed by atoms with Gasteiger partial charge in [0.05, 0.1) is 12.2 Å². The summed E-state index contributed by atoms with van der Waals surface area (Å²) in [7, 11) is 1.65. The second kappa shape index (κ2) is 6.37. The summed E-state index contributed by atoms with van der Waals surface area (Å²) >= 11 is 0. The molecule has 1 heterocycles. The van der Waals surface area contributed by atoms with Gasteiger partial charge < -0.3 is 19.9 Å². The SMILES string of the molecule is COCCC(C)(O)CNCC1COc2ccccc21. The molecule has 106 valence electrons. The van der Waals surface area contributed by atoms with Gasteiger partial charge in [0.15, 0.2) is 0 Å². The largest absolute Gasteiger partial charge is 0.493 e. The third-order valence-corrected chi connectivity index (χ3v) is 3.54. The molecule has 4 nitrogen and oxygen atoms in total. The van der Waals surface area contributed by atoms with Crippen molar-refractivity contribution in [2.45, 2.75) is 24.9 Å². The molecule has 0 saturated carbocycles. The number of hydrogen-bond acceptors (Lipinski definition) is 4. The Morgan fingerprint density at radius 1 is 1.47 bits per heavy atom. The molecule has 0 aliphatic carbocycles. The van der Waals surface area contributed by atoms with Crippen molar-refractivity contribution in [1.82, 2.24) is 5.32 Å². The fraction of sp³-hybridized carbons (Fsp3) is 0.600. The van der Waals surface area contributed by atoms with Gasteiger partial charge in [-0.2, -0.15) is 0 Å². The van der Waals surface area contributed by atoms with E-state index < -0.39 is 5.60 Å². The molecule has 0 aromatic heterocycles. The Kier molecular flexibility index (Phi) is 4.80. The predicted molar refractivity (Wildman–Crippen MR) is 74.7 cm³/mol. The molecule has 0 bridgehead atoms. The van der Waals surface area contributed by atoms with E-state index >= 15 is 0 Å². The number of nitrogens with one attached hydrogen (secondary N) is 1. The van der Waals surface area contributed by atoms with Crippen LogP contribution in [0.25, 0.3) is 0 Å². The smallest absolute Gasteiger partial charge is 0.122 e. The maximum atomic E-state index is 10.1. The van der Waals surface area contributed by atoms with Gasteiger partial charge in [0, 0.05) is 44.7 Å². The molecule has 1 aliphatic heterocycles. The van der Waals surface area contributed by atoms with Crippen molar-refractivity contribution in [2.24, 2.45) is 0 Å². The van der Waals surface area contributed by atoms with Gasteiger partial charge in [-0.1, -0.05) is 18.2 Å². The number of aliphatic hydroxyl groups is 1. The maximum absolute atomic E-state index is 10.1. The average Bonchev–Trinajstić information content (AvgIpc) is 2.80. The molecule has 19 heavy (non-hydrogen) atoms. The lowest BCUT2D eigenvalue weighted by Gasteiger charge is -2.24. The predicted octanol–water partition coefficient (Wildman–Crippen LogP) is 1.54. The molecule has 2 atom stereocenters. The minimum atomic E-state index is -0.727. The van der Waals surface area contributed by atoms with Crippen LogP contribution in [-0.2, 0) is 4.74 Å². The zero-order valence-electron chi connectivity index (χ0n) is 11.7. The number of hydrogen-bond donors (Lipinski definition) is 2. The quantitative estimate of drug-likeness (QED) is 0.785. The topological polar surface area (TPSA) is 50.7 Å². The second-order valence-corrected chi connectivity index (χ2v) is 5.42. The van der Waals surface area contributed by atoms with Crippen LogP contribution in [-0.4, -0.2) is 44.1 Å². The lowest BCUT2D eigenvalue weighted by Crippen LogP contribution is -2.40. The minimum absolute atomic E-state index is 0.370. The van der Waals surface area contributed by atoms with Gasteiger partial charge in [-0.25, -0.2) is 0 Å². The zero-order chi connectivity index (χ0) is 13.7. The molecular weight excluding hydrogens is 242 g/mol. The van der Waals surface area contributed by atoms with E-state index in [2.05, 4.69) is 11.4 Å². The molecule has 0 radical (unpaired) electrons. The highest BCUT2D eigenvalue weighted by atomic mass is 16.5. The fourth-order valence-corrected chi connectivity index (χ4v) is 2.32. The second-order valence-electron chi connectivity index (χ2n) is 5.42. The summed E-state index contributed by atoms with van der Waals surface area (Å²) in [6.07, 6.45) is 0.633. The molecular formula is C15H23NO3. The lowest BCUT2D eigenvalue weighted by atomic mass is 10.00. The lowest BCUT2D eigenvalue weighted by molar-refractivity contribution is 0.0247. The van der Waals surface area contributed by atoms with Crippen molar-refractivity contribution in [1.29, 1.82) is 0 Å². The van der Waals surface area contributed by atoms with Gasteiger partial charge in [-0.05, 0) is 13.0 Å². The summed E-state index contributed by atoms with van der Waals surface area (Å²) in [4.78, 5) is 0. The summed E-state index contributed by atoms with van der Waals surface area (Å²) in [5, 5.41) is 13.5. The first kappa shape index (κ1) is 14.3. The van der Waals surface area contributed by atoms with Crippen LogP contribution in [0.3, 0.4) is 0 Å². The molecule has 2 rings (SSSR count). The molecule has 2 N–H and O–H groups in total. The Balaban J connectivity index is 1.78. The third-order valence-electron chi connectivity index (χ3n) is 3.54. The molecule has 1 aromatic rings. The number of rotatable bonds is 7. The van der Waals surface area contributed by atoms with Crippen LogP contribution in [0.5, 0.6) is 5.75 Å². The van der Waals surface area contributed by atoms with Crippen LogP contribution in [0, 0.1) is 0 Å². The Labute approximate surface area is 114 Å².